The van der Waals surface area contributed by atoms with E-state index in [9.17, 15) is 44.3 Å². The van der Waals surface area contributed by atoms with Crippen LogP contribution < -0.4 is 10.6 Å². The zero-order valence-corrected chi connectivity index (χ0v) is 17.5. The van der Waals surface area contributed by atoms with E-state index in [1.165, 1.54) is 23.5 Å². The number of amides is 2. The molecule has 0 aliphatic heterocycles. The molecule has 0 aliphatic rings. The summed E-state index contributed by atoms with van der Waals surface area (Å²) in [5.74, 6) is -0.0542. The SMILES string of the molecule is O=C(Nc1ccc(Br)cc1-c1nn[nH]n1)Nc1ccc(C(F)(F)F)c(C(F)(F)F)c1C(F)(F)F. The molecule has 0 fully saturated rings. The Balaban J connectivity index is 2.05. The summed E-state index contributed by atoms with van der Waals surface area (Å²) in [7, 11) is 0. The zero-order valence-electron chi connectivity index (χ0n) is 15.9. The van der Waals surface area contributed by atoms with Crippen molar-refractivity contribution < 1.29 is 44.3 Å². The van der Waals surface area contributed by atoms with Crippen LogP contribution in [0.2, 0.25) is 0 Å². The molecular weight excluding hydrogens is 555 g/mol. The minimum Gasteiger partial charge on any atom is -0.307 e. The molecule has 0 radical (unpaired) electrons. The Labute approximate surface area is 190 Å². The van der Waals surface area contributed by atoms with Crippen LogP contribution in [-0.2, 0) is 18.5 Å². The maximum Gasteiger partial charge on any atom is 0.419 e. The van der Waals surface area contributed by atoms with Gasteiger partial charge in [0.2, 0.25) is 5.82 Å². The van der Waals surface area contributed by atoms with Gasteiger partial charge in [0.1, 0.15) is 0 Å². The van der Waals surface area contributed by atoms with Gasteiger partial charge in [-0.3, -0.25) is 0 Å². The van der Waals surface area contributed by atoms with E-state index in [0.717, 1.165) is 0 Å². The monoisotopic (exact) mass is 562 g/mol. The lowest BCUT2D eigenvalue weighted by atomic mass is 9.97. The second kappa shape index (κ2) is 8.77. The van der Waals surface area contributed by atoms with Crippen molar-refractivity contribution in [1.82, 2.24) is 20.6 Å². The van der Waals surface area contributed by atoms with Gasteiger partial charge in [-0.05, 0) is 35.5 Å². The second-order valence-electron chi connectivity index (χ2n) is 6.41. The fraction of sp³-hybridized carbons (Fsp3) is 0.176. The zero-order chi connectivity index (χ0) is 25.5. The average Bonchev–Trinajstić information content (AvgIpc) is 3.21. The van der Waals surface area contributed by atoms with Crippen LogP contribution in [-0.4, -0.2) is 26.7 Å². The van der Waals surface area contributed by atoms with Gasteiger partial charge in [-0.15, -0.1) is 10.2 Å². The highest BCUT2D eigenvalue weighted by molar-refractivity contribution is 9.10. The van der Waals surface area contributed by atoms with Crippen LogP contribution in [0.1, 0.15) is 16.7 Å². The van der Waals surface area contributed by atoms with Crippen molar-refractivity contribution >= 4 is 33.3 Å². The molecule has 182 valence electrons. The van der Waals surface area contributed by atoms with Gasteiger partial charge in [0.25, 0.3) is 0 Å². The molecule has 0 unspecified atom stereocenters. The van der Waals surface area contributed by atoms with Gasteiger partial charge in [-0.25, -0.2) is 4.79 Å². The van der Waals surface area contributed by atoms with Crippen molar-refractivity contribution in [3.8, 4) is 11.4 Å². The number of hydrogen-bond acceptors (Lipinski definition) is 4. The van der Waals surface area contributed by atoms with E-state index in [1.807, 2.05) is 0 Å². The third-order valence-corrected chi connectivity index (χ3v) is 4.64. The lowest BCUT2D eigenvalue weighted by Gasteiger charge is -2.23. The molecule has 2 amide bonds. The van der Waals surface area contributed by atoms with Crippen molar-refractivity contribution in [2.75, 3.05) is 10.6 Å². The molecule has 1 heterocycles. The van der Waals surface area contributed by atoms with E-state index >= 15 is 0 Å². The number of urea groups is 1. The predicted octanol–water partition coefficient (Wildman–Crippen LogP) is 6.33. The summed E-state index contributed by atoms with van der Waals surface area (Å²) in [6.45, 7) is 0. The van der Waals surface area contributed by atoms with Crippen molar-refractivity contribution in [2.24, 2.45) is 0 Å². The van der Waals surface area contributed by atoms with Crippen molar-refractivity contribution in [3.05, 3.63) is 51.5 Å². The number of carbonyl (C=O) groups is 1. The lowest BCUT2D eigenvalue weighted by Crippen LogP contribution is -2.27. The van der Waals surface area contributed by atoms with E-state index in [1.54, 1.807) is 0 Å². The fourth-order valence-electron chi connectivity index (χ4n) is 2.89. The molecule has 0 atom stereocenters. The van der Waals surface area contributed by atoms with Crippen LogP contribution in [0, 0.1) is 0 Å². The summed E-state index contributed by atoms with van der Waals surface area (Å²) >= 11 is 3.14. The van der Waals surface area contributed by atoms with E-state index in [4.69, 9.17) is 0 Å². The molecule has 3 aromatic rings. The number of nitrogens with one attached hydrogen (secondary N) is 3. The van der Waals surface area contributed by atoms with Crippen LogP contribution in [0.5, 0.6) is 0 Å². The number of halogens is 10. The summed E-state index contributed by atoms with van der Waals surface area (Å²) in [5.41, 5.74) is -9.74. The van der Waals surface area contributed by atoms with Crippen LogP contribution >= 0.6 is 15.9 Å². The highest BCUT2D eigenvalue weighted by Crippen LogP contribution is 2.49. The molecule has 17 heteroatoms. The molecule has 3 N–H and O–H groups in total. The number of hydrogen-bond donors (Lipinski definition) is 3. The normalized spacial score (nSPS) is 12.5. The summed E-state index contributed by atoms with van der Waals surface area (Å²) < 4.78 is 120. The van der Waals surface area contributed by atoms with Gasteiger partial charge in [0, 0.05) is 10.0 Å². The molecule has 0 aliphatic carbocycles. The van der Waals surface area contributed by atoms with E-state index < -0.39 is 46.9 Å². The largest absolute Gasteiger partial charge is 0.419 e. The first-order valence-electron chi connectivity index (χ1n) is 8.59. The van der Waals surface area contributed by atoms with Gasteiger partial charge < -0.3 is 10.6 Å². The number of alkyl halides is 9. The molecule has 3 rings (SSSR count). The third kappa shape index (κ3) is 5.40. The van der Waals surface area contributed by atoms with Gasteiger partial charge in [0.15, 0.2) is 0 Å². The first-order chi connectivity index (χ1) is 15.6. The van der Waals surface area contributed by atoms with Crippen LogP contribution in [0.4, 0.5) is 55.7 Å². The number of aromatic nitrogens is 4. The molecule has 1 aromatic heterocycles. The smallest absolute Gasteiger partial charge is 0.307 e. The summed E-state index contributed by atoms with van der Waals surface area (Å²) in [6.07, 6.45) is -17.7. The number of carbonyl (C=O) groups excluding carboxylic acids is 1. The molecule has 2 aromatic carbocycles. The van der Waals surface area contributed by atoms with Gasteiger partial charge >= 0.3 is 24.6 Å². The van der Waals surface area contributed by atoms with Crippen molar-refractivity contribution in [3.63, 3.8) is 0 Å². The molecule has 7 nitrogen and oxygen atoms in total. The van der Waals surface area contributed by atoms with Gasteiger partial charge in [0.05, 0.1) is 28.1 Å². The van der Waals surface area contributed by atoms with Crippen LogP contribution in [0.15, 0.2) is 34.8 Å². The first-order valence-corrected chi connectivity index (χ1v) is 9.38. The number of H-pyrrole nitrogens is 1. The maximum atomic E-state index is 13.5. The third-order valence-electron chi connectivity index (χ3n) is 4.14. The molecule has 0 saturated carbocycles. The predicted molar refractivity (Wildman–Crippen MR) is 101 cm³/mol. The fourth-order valence-corrected chi connectivity index (χ4v) is 3.26. The quantitative estimate of drug-likeness (QED) is 0.325. The highest BCUT2D eigenvalue weighted by Gasteiger charge is 2.51. The number of benzene rings is 2. The Kier molecular flexibility index (Phi) is 6.51. The average molecular weight is 563 g/mol. The summed E-state index contributed by atoms with van der Waals surface area (Å²) in [5, 5.41) is 16.4. The minimum absolute atomic E-state index is 0.0542. The minimum atomic E-state index is -6.04. The number of aromatic amines is 1. The van der Waals surface area contributed by atoms with Crippen LogP contribution in [0.3, 0.4) is 0 Å². The Morgan fingerprint density at radius 2 is 1.41 bits per heavy atom. The van der Waals surface area contributed by atoms with Crippen LogP contribution in [0.25, 0.3) is 11.4 Å². The Hall–Kier alpha value is -3.37. The topological polar surface area (TPSA) is 95.6 Å². The van der Waals surface area contributed by atoms with Crippen molar-refractivity contribution in [1.29, 1.82) is 0 Å². The Bertz CT molecular complexity index is 1210. The molecule has 0 spiro atoms. The van der Waals surface area contributed by atoms with E-state index in [-0.39, 0.29) is 29.2 Å². The van der Waals surface area contributed by atoms with E-state index in [0.29, 0.717) is 4.47 Å². The highest BCUT2D eigenvalue weighted by atomic mass is 79.9. The maximum absolute atomic E-state index is 13.5. The molecule has 34 heavy (non-hydrogen) atoms. The first kappa shape index (κ1) is 25.3. The van der Waals surface area contributed by atoms with Gasteiger partial charge in [-0.2, -0.15) is 44.7 Å². The molecular formula is C17H8BrF9N6O. The summed E-state index contributed by atoms with van der Waals surface area (Å²) in [4.78, 5) is 12.3. The van der Waals surface area contributed by atoms with E-state index in [2.05, 4.69) is 41.9 Å². The van der Waals surface area contributed by atoms with Crippen molar-refractivity contribution in [2.45, 2.75) is 18.5 Å². The molecule has 0 bridgehead atoms. The summed E-state index contributed by atoms with van der Waals surface area (Å²) in [6, 6.07) is 2.46. The number of tetrazole rings is 1. The second-order valence-corrected chi connectivity index (χ2v) is 7.32. The molecule has 0 saturated heterocycles. The number of anilines is 2. The Morgan fingerprint density at radius 3 is 1.94 bits per heavy atom. The standard InChI is InChI=1S/C17H8BrF9N6O/c18-6-1-3-9(7(5-6)13-30-32-33-31-13)28-14(34)29-10-4-2-8(15(19,20)21)11(16(22,23)24)12(10)17(25,26)27/h1-5H,(H2,28,29,34)(H,30,31,32,33). The Morgan fingerprint density at radius 1 is 0.824 bits per heavy atom. The number of rotatable bonds is 3. The lowest BCUT2D eigenvalue weighted by molar-refractivity contribution is -0.174. The van der Waals surface area contributed by atoms with Gasteiger partial charge in [-0.1, -0.05) is 15.9 Å². The number of nitrogens with zero attached hydrogens (tertiary/aromatic N) is 3.